The highest BCUT2D eigenvalue weighted by Crippen LogP contribution is 2.69. The molecule has 286 valence electrons. The average molecular weight is 746 g/mol. The topological polar surface area (TPSA) is 30.2 Å². The van der Waals surface area contributed by atoms with Crippen LogP contribution in [-0.2, 0) is 0 Å². The molecule has 5 fully saturated rings. The number of hydrogen-bond donors (Lipinski definition) is 0. The van der Waals surface area contributed by atoms with Crippen molar-refractivity contribution in [1.82, 2.24) is 14.4 Å². The molecule has 57 heavy (non-hydrogen) atoms. The molecular weight excluding hydrogens is 691 g/mol. The van der Waals surface area contributed by atoms with Crippen LogP contribution in [0.5, 0.6) is 0 Å². The molecule has 9 aliphatic carbocycles. The molecule has 16 rings (SSSR count). The number of pyridine rings is 2. The molecule has 1 spiro atoms. The van der Waals surface area contributed by atoms with E-state index < -0.39 is 0 Å². The smallest absolute Gasteiger partial charge is 0.0728 e. The van der Waals surface area contributed by atoms with Crippen molar-refractivity contribution in [2.24, 2.45) is 29.1 Å². The van der Waals surface area contributed by atoms with Gasteiger partial charge in [-0.25, -0.2) is 0 Å². The van der Waals surface area contributed by atoms with Gasteiger partial charge in [-0.3, -0.25) is 9.97 Å². The average Bonchev–Trinajstić information content (AvgIpc) is 3.81. The lowest BCUT2D eigenvalue weighted by molar-refractivity contribution is -0.0259. The second-order valence-corrected chi connectivity index (χ2v) is 21.0. The Bertz CT molecular complexity index is 2830. The van der Waals surface area contributed by atoms with E-state index in [9.17, 15) is 0 Å². The van der Waals surface area contributed by atoms with Gasteiger partial charge < -0.3 is 4.40 Å². The van der Waals surface area contributed by atoms with E-state index in [1.807, 2.05) is 0 Å². The monoisotopic (exact) mass is 745 g/mol. The highest BCUT2D eigenvalue weighted by molar-refractivity contribution is 6.32. The maximum absolute atomic E-state index is 5.70. The third-order valence-corrected chi connectivity index (χ3v) is 18.4. The molecule has 7 aromatic rings. The number of fused-ring (bicyclic) bond motifs is 6. The minimum Gasteiger partial charge on any atom is -0.305 e. The van der Waals surface area contributed by atoms with Crippen LogP contribution in [0.3, 0.4) is 0 Å². The van der Waals surface area contributed by atoms with Crippen molar-refractivity contribution in [3.63, 3.8) is 0 Å². The summed E-state index contributed by atoms with van der Waals surface area (Å²) in [6.45, 7) is 9.41. The Hall–Kier alpha value is -4.24. The molecule has 0 radical (unpaired) electrons. The molecule has 3 aromatic carbocycles. The zero-order valence-corrected chi connectivity index (χ0v) is 34.3. The molecule has 3 heteroatoms. The van der Waals surface area contributed by atoms with Crippen molar-refractivity contribution in [3.8, 4) is 22.3 Å². The largest absolute Gasteiger partial charge is 0.305 e. The summed E-state index contributed by atoms with van der Waals surface area (Å²) in [5.41, 5.74) is 22.2. The van der Waals surface area contributed by atoms with E-state index in [0.29, 0.717) is 29.1 Å². The summed E-state index contributed by atoms with van der Waals surface area (Å²) < 4.78 is 2.73. The van der Waals surface area contributed by atoms with E-state index in [1.54, 1.807) is 16.5 Å². The third kappa shape index (κ3) is 4.01. The predicted molar refractivity (Wildman–Crippen MR) is 234 cm³/mol. The van der Waals surface area contributed by atoms with Gasteiger partial charge >= 0.3 is 0 Å². The summed E-state index contributed by atoms with van der Waals surface area (Å²) in [5.74, 6) is 5.87. The number of aromatic nitrogens is 3. The second kappa shape index (κ2) is 11.1. The first-order chi connectivity index (χ1) is 27.9. The third-order valence-electron chi connectivity index (χ3n) is 18.4. The summed E-state index contributed by atoms with van der Waals surface area (Å²) >= 11 is 0. The van der Waals surface area contributed by atoms with Gasteiger partial charge in [0.05, 0.1) is 28.9 Å². The van der Waals surface area contributed by atoms with Gasteiger partial charge in [0, 0.05) is 44.8 Å². The number of hydrogen-bond acceptors (Lipinski definition) is 2. The molecule has 4 unspecified atom stereocenters. The quantitative estimate of drug-likeness (QED) is 0.176. The van der Waals surface area contributed by atoms with Gasteiger partial charge in [0.25, 0.3) is 0 Å². The van der Waals surface area contributed by atoms with Crippen LogP contribution in [-0.4, -0.2) is 14.4 Å². The fourth-order valence-electron chi connectivity index (χ4n) is 16.7. The molecular formula is C54H55N3. The van der Waals surface area contributed by atoms with Gasteiger partial charge in [-0.2, -0.15) is 0 Å². The summed E-state index contributed by atoms with van der Waals surface area (Å²) in [7, 11) is 0. The zero-order valence-electron chi connectivity index (χ0n) is 34.3. The zero-order chi connectivity index (χ0) is 37.6. The summed E-state index contributed by atoms with van der Waals surface area (Å²) in [6, 6.07) is 16.6. The highest BCUT2D eigenvalue weighted by Gasteiger charge is 2.58. The van der Waals surface area contributed by atoms with Gasteiger partial charge in [0.1, 0.15) is 0 Å². The van der Waals surface area contributed by atoms with E-state index in [1.165, 1.54) is 172 Å². The summed E-state index contributed by atoms with van der Waals surface area (Å²) in [5, 5.41) is 6.08. The van der Waals surface area contributed by atoms with Crippen LogP contribution in [0.15, 0.2) is 54.9 Å². The molecule has 0 aliphatic heterocycles. The van der Waals surface area contributed by atoms with Crippen molar-refractivity contribution in [1.29, 1.82) is 0 Å². The van der Waals surface area contributed by atoms with E-state index in [2.05, 4.69) is 87.0 Å². The van der Waals surface area contributed by atoms with Crippen LogP contribution in [0.1, 0.15) is 152 Å². The molecule has 9 aliphatic rings. The maximum atomic E-state index is 5.70. The fraction of sp³-hybridized carbons (Fsp3) is 0.481. The van der Waals surface area contributed by atoms with Crippen molar-refractivity contribution >= 4 is 38.1 Å². The molecule has 4 heterocycles. The van der Waals surface area contributed by atoms with Gasteiger partial charge in [-0.1, -0.05) is 49.2 Å². The first-order valence-corrected chi connectivity index (χ1v) is 23.1. The van der Waals surface area contributed by atoms with Gasteiger partial charge in [-0.05, 0) is 201 Å². The van der Waals surface area contributed by atoms with Gasteiger partial charge in [-0.15, -0.1) is 0 Å². The van der Waals surface area contributed by atoms with Gasteiger partial charge in [0.2, 0.25) is 0 Å². The lowest BCUT2D eigenvalue weighted by Crippen LogP contribution is -2.44. The normalized spacial score (nSPS) is 30.4. The number of nitrogens with zero attached hydrogens (tertiary/aromatic N) is 3. The Labute approximate surface area is 337 Å². The Balaban J connectivity index is 1.18. The molecule has 0 amide bonds. The van der Waals surface area contributed by atoms with Crippen LogP contribution >= 0.6 is 0 Å². The number of rotatable bonds is 2. The molecule has 4 atom stereocenters. The van der Waals surface area contributed by atoms with E-state index in [-0.39, 0.29) is 0 Å². The molecule has 8 bridgehead atoms. The fourth-order valence-corrected chi connectivity index (χ4v) is 16.7. The Morgan fingerprint density at radius 2 is 0.965 bits per heavy atom. The van der Waals surface area contributed by atoms with Crippen molar-refractivity contribution in [3.05, 3.63) is 99.6 Å². The van der Waals surface area contributed by atoms with Crippen LogP contribution in [0.4, 0.5) is 0 Å². The number of benzene rings is 3. The van der Waals surface area contributed by atoms with E-state index in [4.69, 9.17) is 9.97 Å². The molecule has 3 nitrogen and oxygen atoms in total. The lowest BCUT2D eigenvalue weighted by Gasteiger charge is -2.54. The Morgan fingerprint density at radius 1 is 0.526 bits per heavy atom. The minimum atomic E-state index is 0.603. The van der Waals surface area contributed by atoms with Crippen molar-refractivity contribution in [2.45, 2.75) is 135 Å². The molecule has 4 aromatic heterocycles. The molecule has 0 N–H and O–H groups in total. The van der Waals surface area contributed by atoms with Crippen molar-refractivity contribution < 1.29 is 0 Å². The highest BCUT2D eigenvalue weighted by atomic mass is 15.0. The predicted octanol–water partition coefficient (Wildman–Crippen LogP) is 14.1. The first-order valence-electron chi connectivity index (χ1n) is 23.1. The standard InChI is InChI=1S/C54H55N3/c1-27-9-7-10-28(2)43(27)39-24-40(44-29(3)11-8-12-30(44)4)48-50-42(26-56-52-36-22-37-20-34(46(50)52)21-38(23-36)54(37)13-5-6-14-54)57-41-25-55-51-35-18-31-15-32(19-35)17-33(16-31)45(51)49(41)47(39)53(48)57/h7-12,24-26,31-38H,5-6,13-23H2,1-4H3. The second-order valence-electron chi connectivity index (χ2n) is 21.0. The van der Waals surface area contributed by atoms with Gasteiger partial charge in [0.15, 0.2) is 0 Å². The van der Waals surface area contributed by atoms with Crippen LogP contribution in [0, 0.1) is 56.8 Å². The Morgan fingerprint density at radius 3 is 1.47 bits per heavy atom. The van der Waals surface area contributed by atoms with Crippen molar-refractivity contribution in [2.75, 3.05) is 0 Å². The SMILES string of the molecule is Cc1cccc(C)c1-c1cc(-c2c(C)cccc2C)c2c3c4c(ncc3n3c5cnc6c(c5c1c23)C1CC2CC(CC6C2)C1)C1CC2CC4CC(C1)C21CCCC1. The van der Waals surface area contributed by atoms with E-state index >= 15 is 0 Å². The molecule has 0 saturated heterocycles. The first kappa shape index (κ1) is 32.7. The summed E-state index contributed by atoms with van der Waals surface area (Å²) in [6.07, 6.45) is 22.9. The molecule has 5 saturated carbocycles. The van der Waals surface area contributed by atoms with Crippen LogP contribution in [0.2, 0.25) is 0 Å². The minimum absolute atomic E-state index is 0.603. The summed E-state index contributed by atoms with van der Waals surface area (Å²) in [4.78, 5) is 11.3. The lowest BCUT2D eigenvalue weighted by atomic mass is 9.51. The maximum Gasteiger partial charge on any atom is 0.0728 e. The van der Waals surface area contributed by atoms with Crippen LogP contribution in [0.25, 0.3) is 60.3 Å². The Kier molecular flexibility index (Phi) is 6.35. The number of aryl methyl sites for hydroxylation is 4. The van der Waals surface area contributed by atoms with E-state index in [0.717, 1.165) is 23.7 Å². The van der Waals surface area contributed by atoms with Crippen LogP contribution < -0.4 is 0 Å².